The predicted molar refractivity (Wildman–Crippen MR) is 232 cm³/mol. The number of hydrogen-bond donors (Lipinski definition) is 3. The van der Waals surface area contributed by atoms with E-state index in [2.05, 4.69) is 71.3 Å². The van der Waals surface area contributed by atoms with Crippen molar-refractivity contribution in [1.29, 1.82) is 0 Å². The van der Waals surface area contributed by atoms with E-state index in [4.69, 9.17) is 0 Å². The Morgan fingerprint density at radius 3 is 1.90 bits per heavy atom. The van der Waals surface area contributed by atoms with Crippen LogP contribution in [0.4, 0.5) is 17.5 Å². The summed E-state index contributed by atoms with van der Waals surface area (Å²) in [5.41, 5.74) is 4.31. The minimum Gasteiger partial charge on any atom is -0.369 e. The van der Waals surface area contributed by atoms with E-state index in [0.717, 1.165) is 22.8 Å². The lowest BCUT2D eigenvalue weighted by Crippen LogP contribution is -2.27. The highest BCUT2D eigenvalue weighted by molar-refractivity contribution is 6.06. The summed E-state index contributed by atoms with van der Waals surface area (Å²) in [7, 11) is 3.82. The number of imidazole rings is 2. The summed E-state index contributed by atoms with van der Waals surface area (Å²) in [6.07, 6.45) is 8.33. The van der Waals surface area contributed by atoms with Gasteiger partial charge in [-0.25, -0.2) is 29.7 Å². The molecule has 0 aliphatic carbocycles. The summed E-state index contributed by atoms with van der Waals surface area (Å²) in [5, 5.41) is 8.49. The smallest absolute Gasteiger partial charge is 0.349 e. The number of aromatic nitrogens is 8. The van der Waals surface area contributed by atoms with Crippen molar-refractivity contribution in [3.8, 4) is 0 Å². The van der Waals surface area contributed by atoms with Crippen molar-refractivity contribution in [1.82, 2.24) is 48.8 Å². The van der Waals surface area contributed by atoms with Gasteiger partial charge in [-0.15, -0.1) is 0 Å². The third-order valence-electron chi connectivity index (χ3n) is 8.64. The molecule has 59 heavy (non-hydrogen) atoms. The molecule has 0 unspecified atom stereocenters. The topological polar surface area (TPSA) is 194 Å². The molecule has 3 N–H and O–H groups in total. The quantitative estimate of drug-likeness (QED) is 0.111. The summed E-state index contributed by atoms with van der Waals surface area (Å²) >= 11 is 0. The number of benzene rings is 2. The maximum atomic E-state index is 12.2. The Morgan fingerprint density at radius 2 is 1.34 bits per heavy atom. The van der Waals surface area contributed by atoms with Gasteiger partial charge in [0, 0.05) is 55.1 Å². The second-order valence-corrected chi connectivity index (χ2v) is 14.5. The molecule has 0 fully saturated rings. The summed E-state index contributed by atoms with van der Waals surface area (Å²) in [5.74, 6) is 1.58. The van der Waals surface area contributed by atoms with E-state index in [-0.39, 0.29) is 29.6 Å². The van der Waals surface area contributed by atoms with Gasteiger partial charge in [0.25, 0.3) is 11.8 Å². The molecule has 0 atom stereocenters. The number of nitrogens with zero attached hydrogens (tertiary/aromatic N) is 11. The number of carbonyl (C=O) groups is 2. The third-order valence-corrected chi connectivity index (χ3v) is 8.64. The van der Waals surface area contributed by atoms with Crippen molar-refractivity contribution >= 4 is 58.4 Å². The molecular formula is C42H50N14O3. The fourth-order valence-electron chi connectivity index (χ4n) is 5.53. The number of rotatable bonds is 8. The SMILES string of the molecule is C=C1NC(N=CN(C)C)=Nc2c1ncn2C(C)C.CC(C)n1cnc2c(NC(=O)c3ccccc3)ncnc21.Cc1cn(C(C)C)c(=O)nc1NC(=O)c1ccccc1. The van der Waals surface area contributed by atoms with Crippen molar-refractivity contribution in [3.63, 3.8) is 0 Å². The van der Waals surface area contributed by atoms with Gasteiger partial charge in [0.05, 0.1) is 24.7 Å². The van der Waals surface area contributed by atoms with Crippen LogP contribution in [0.1, 0.15) is 91.6 Å². The highest BCUT2D eigenvalue weighted by Gasteiger charge is 2.21. The van der Waals surface area contributed by atoms with Crippen LogP contribution in [0.3, 0.4) is 0 Å². The average Bonchev–Trinajstić information content (AvgIpc) is 3.86. The Hall–Kier alpha value is -7.30. The summed E-state index contributed by atoms with van der Waals surface area (Å²) in [4.78, 5) is 67.6. The summed E-state index contributed by atoms with van der Waals surface area (Å²) in [6, 6.07) is 18.4. The monoisotopic (exact) mass is 798 g/mol. The molecule has 0 spiro atoms. The Morgan fingerprint density at radius 1 is 0.780 bits per heavy atom. The van der Waals surface area contributed by atoms with Gasteiger partial charge in [-0.2, -0.15) is 9.98 Å². The number of carbonyl (C=O) groups excluding carboxylic acids is 2. The van der Waals surface area contributed by atoms with Crippen LogP contribution in [-0.2, 0) is 0 Å². The lowest BCUT2D eigenvalue weighted by atomic mass is 10.2. The molecule has 0 saturated heterocycles. The maximum Gasteiger partial charge on any atom is 0.349 e. The predicted octanol–water partition coefficient (Wildman–Crippen LogP) is 6.66. The van der Waals surface area contributed by atoms with Crippen molar-refractivity contribution in [2.75, 3.05) is 24.7 Å². The number of fused-ring (bicyclic) bond motifs is 2. The number of nitrogens with one attached hydrogen (secondary N) is 3. The van der Waals surface area contributed by atoms with Crippen LogP contribution in [0, 0.1) is 6.92 Å². The summed E-state index contributed by atoms with van der Waals surface area (Å²) < 4.78 is 5.48. The Kier molecular flexibility index (Phi) is 14.0. The minimum absolute atomic E-state index is 0.0348. The molecule has 2 aromatic carbocycles. The van der Waals surface area contributed by atoms with Gasteiger partial charge < -0.3 is 30.0 Å². The van der Waals surface area contributed by atoms with Crippen LogP contribution in [0.2, 0.25) is 0 Å². The maximum absolute atomic E-state index is 12.2. The normalized spacial score (nSPS) is 12.0. The van der Waals surface area contributed by atoms with Gasteiger partial charge in [-0.05, 0) is 72.7 Å². The van der Waals surface area contributed by atoms with Crippen LogP contribution >= 0.6 is 0 Å². The van der Waals surface area contributed by atoms with Gasteiger partial charge in [0.2, 0.25) is 5.96 Å². The number of anilines is 2. The second-order valence-electron chi connectivity index (χ2n) is 14.5. The standard InChI is InChI=1S/C15H15N5O.C15H17N3O2.C12H18N6/c1-10(2)20-9-18-12-13(16-8-17-14(12)20)19-15(21)11-6-4-3-5-7-11;1-10(2)18-9-11(3)13(17-15(18)20)16-14(19)12-7-5-4-6-8-12;1-8(2)18-7-13-10-9(3)15-12(16-11(10)18)14-6-17(4)5/h3-10H,1-2H3,(H,16,17,19,21);4-10H,1-3H3,(H,16,17,19,20);6-8H,3H2,1-2,4-5H3,(H,15,16). The first-order chi connectivity index (χ1) is 28.1. The molecule has 1 aliphatic heterocycles. The zero-order chi connectivity index (χ0) is 42.8. The first-order valence-corrected chi connectivity index (χ1v) is 19.0. The zero-order valence-electron chi connectivity index (χ0n) is 34.7. The number of amides is 2. The summed E-state index contributed by atoms with van der Waals surface area (Å²) in [6.45, 7) is 17.8. The number of aliphatic imine (C=N–C) groups is 2. The lowest BCUT2D eigenvalue weighted by Gasteiger charge is -2.16. The van der Waals surface area contributed by atoms with Crippen LogP contribution in [0.5, 0.6) is 0 Å². The fraction of sp³-hybridized carbons (Fsp3) is 0.286. The van der Waals surface area contributed by atoms with Crippen LogP contribution in [-0.4, -0.2) is 81.7 Å². The Bertz CT molecular complexity index is 2530. The molecule has 0 radical (unpaired) electrons. The van der Waals surface area contributed by atoms with Crippen molar-refractivity contribution in [2.45, 2.75) is 66.6 Å². The number of guanidine groups is 1. The highest BCUT2D eigenvalue weighted by atomic mass is 16.2. The number of hydrogen-bond acceptors (Lipinski definition) is 11. The lowest BCUT2D eigenvalue weighted by molar-refractivity contribution is 0.101. The fourth-order valence-corrected chi connectivity index (χ4v) is 5.53. The van der Waals surface area contributed by atoms with E-state index < -0.39 is 0 Å². The van der Waals surface area contributed by atoms with Crippen molar-refractivity contribution in [2.24, 2.45) is 9.98 Å². The van der Waals surface area contributed by atoms with E-state index in [9.17, 15) is 14.4 Å². The highest BCUT2D eigenvalue weighted by Crippen LogP contribution is 2.29. The minimum atomic E-state index is -0.367. The van der Waals surface area contributed by atoms with Crippen LogP contribution < -0.4 is 21.6 Å². The first-order valence-electron chi connectivity index (χ1n) is 19.0. The Balaban J connectivity index is 0.000000169. The molecule has 17 nitrogen and oxygen atoms in total. The molecule has 17 heteroatoms. The molecule has 4 aromatic heterocycles. The molecule has 1 aliphatic rings. The zero-order valence-corrected chi connectivity index (χ0v) is 34.7. The van der Waals surface area contributed by atoms with Gasteiger partial charge in [0.1, 0.15) is 17.8 Å². The van der Waals surface area contributed by atoms with E-state index in [1.165, 1.54) is 10.9 Å². The molecule has 7 rings (SSSR count). The van der Waals surface area contributed by atoms with E-state index in [1.807, 2.05) is 87.0 Å². The molecule has 0 saturated carbocycles. The Labute approximate surface area is 342 Å². The van der Waals surface area contributed by atoms with Crippen molar-refractivity contribution < 1.29 is 9.59 Å². The molecule has 2 amide bonds. The van der Waals surface area contributed by atoms with Crippen molar-refractivity contribution in [3.05, 3.63) is 125 Å². The molecule has 306 valence electrons. The van der Waals surface area contributed by atoms with Gasteiger partial charge in [-0.1, -0.05) is 43.0 Å². The van der Waals surface area contributed by atoms with E-state index in [1.54, 1.807) is 61.6 Å². The average molecular weight is 799 g/mol. The van der Waals surface area contributed by atoms with Crippen LogP contribution in [0.25, 0.3) is 16.9 Å². The van der Waals surface area contributed by atoms with Crippen LogP contribution in [0.15, 0.2) is 107 Å². The van der Waals surface area contributed by atoms with Gasteiger partial charge in [0.15, 0.2) is 22.8 Å². The van der Waals surface area contributed by atoms with E-state index in [0.29, 0.717) is 45.9 Å². The third kappa shape index (κ3) is 10.8. The molecular weight excluding hydrogens is 749 g/mol. The molecule has 5 heterocycles. The molecule has 0 bridgehead atoms. The van der Waals surface area contributed by atoms with Gasteiger partial charge in [-0.3, -0.25) is 14.2 Å². The largest absolute Gasteiger partial charge is 0.369 e. The molecule has 6 aromatic rings. The van der Waals surface area contributed by atoms with Gasteiger partial charge >= 0.3 is 5.69 Å². The van der Waals surface area contributed by atoms with E-state index >= 15 is 0 Å². The number of aryl methyl sites for hydroxylation is 1. The second kappa shape index (κ2) is 19.2. The first kappa shape index (κ1) is 42.8.